The second kappa shape index (κ2) is 6.76. The number of thiophene rings is 1. The molecule has 0 bridgehead atoms. The summed E-state index contributed by atoms with van der Waals surface area (Å²) in [5.41, 5.74) is 0. The maximum absolute atomic E-state index is 12.3. The average molecular weight is 346 g/mol. The summed E-state index contributed by atoms with van der Waals surface area (Å²) in [6.07, 6.45) is 0.947. The highest BCUT2D eigenvalue weighted by atomic mass is 32.2. The zero-order valence-electron chi connectivity index (χ0n) is 12.4. The molecule has 1 aromatic rings. The fourth-order valence-corrected chi connectivity index (χ4v) is 4.47. The summed E-state index contributed by atoms with van der Waals surface area (Å²) in [6.45, 7) is 3.86. The molecule has 0 radical (unpaired) electrons. The Bertz CT molecular complexity index is 668. The van der Waals surface area contributed by atoms with Gasteiger partial charge >= 0.3 is 16.2 Å². The number of hydrogen-bond acceptors (Lipinski definition) is 6. The molecule has 122 valence electrons. The number of carbonyl (C=O) groups excluding carboxylic acids is 2. The molecule has 9 heteroatoms. The fourth-order valence-electron chi connectivity index (χ4n) is 2.28. The number of amides is 1. The summed E-state index contributed by atoms with van der Waals surface area (Å²) >= 11 is 1.21. The van der Waals surface area contributed by atoms with Crippen LogP contribution in [0.1, 0.15) is 34.3 Å². The first kappa shape index (κ1) is 16.9. The van der Waals surface area contributed by atoms with E-state index in [0.29, 0.717) is 17.7 Å². The number of nitrogens with one attached hydrogen (secondary N) is 1. The quantitative estimate of drug-likeness (QED) is 0.805. The number of carbonyl (C=O) groups is 2. The minimum absolute atomic E-state index is 0.185. The van der Waals surface area contributed by atoms with Crippen LogP contribution in [0.4, 0.5) is 0 Å². The molecule has 0 aromatic carbocycles. The Morgan fingerprint density at radius 2 is 2.18 bits per heavy atom. The van der Waals surface area contributed by atoms with Crippen LogP contribution < -0.4 is 4.72 Å². The molecular formula is C13H18N2O5S2. The van der Waals surface area contributed by atoms with E-state index in [1.807, 2.05) is 11.6 Å². The van der Waals surface area contributed by atoms with E-state index < -0.39 is 28.1 Å². The van der Waals surface area contributed by atoms with Gasteiger partial charge in [-0.05, 0) is 38.8 Å². The van der Waals surface area contributed by atoms with Crippen molar-refractivity contribution in [1.82, 2.24) is 9.03 Å². The van der Waals surface area contributed by atoms with Crippen LogP contribution in [0.2, 0.25) is 0 Å². The smallest absolute Gasteiger partial charge is 0.324 e. The number of hydrogen-bond donors (Lipinski definition) is 1. The number of ether oxygens (including phenoxy) is 1. The van der Waals surface area contributed by atoms with Crippen molar-refractivity contribution in [3.05, 3.63) is 21.9 Å². The van der Waals surface area contributed by atoms with Crippen LogP contribution in [0.15, 0.2) is 12.1 Å². The van der Waals surface area contributed by atoms with Crippen molar-refractivity contribution in [3.63, 3.8) is 0 Å². The van der Waals surface area contributed by atoms with Crippen molar-refractivity contribution < 1.29 is 22.7 Å². The van der Waals surface area contributed by atoms with Crippen molar-refractivity contribution in [3.8, 4) is 0 Å². The summed E-state index contributed by atoms with van der Waals surface area (Å²) in [4.78, 5) is 25.1. The molecule has 0 unspecified atom stereocenters. The van der Waals surface area contributed by atoms with Gasteiger partial charge in [-0.3, -0.25) is 9.59 Å². The molecule has 1 aliphatic heterocycles. The van der Waals surface area contributed by atoms with Gasteiger partial charge in [0.25, 0.3) is 5.91 Å². The molecule has 0 saturated carbocycles. The second-order valence-electron chi connectivity index (χ2n) is 4.87. The van der Waals surface area contributed by atoms with Gasteiger partial charge in [0.15, 0.2) is 0 Å². The molecule has 2 heterocycles. The molecule has 0 spiro atoms. The lowest BCUT2D eigenvalue weighted by atomic mass is 10.2. The third-order valence-corrected chi connectivity index (χ3v) is 5.75. The Morgan fingerprint density at radius 1 is 1.45 bits per heavy atom. The normalized spacial score (nSPS) is 19.1. The van der Waals surface area contributed by atoms with E-state index in [0.717, 1.165) is 9.18 Å². The Balaban J connectivity index is 2.12. The highest BCUT2D eigenvalue weighted by Gasteiger charge is 2.40. The summed E-state index contributed by atoms with van der Waals surface area (Å²) in [5.74, 6) is -1.27. The Labute approximate surface area is 133 Å². The summed E-state index contributed by atoms with van der Waals surface area (Å²) < 4.78 is 32.6. The van der Waals surface area contributed by atoms with E-state index in [-0.39, 0.29) is 13.2 Å². The lowest BCUT2D eigenvalue weighted by Crippen LogP contribution is -2.48. The summed E-state index contributed by atoms with van der Waals surface area (Å²) in [7, 11) is -4.07. The molecule has 22 heavy (non-hydrogen) atoms. The van der Waals surface area contributed by atoms with E-state index in [1.54, 1.807) is 19.1 Å². The first-order chi connectivity index (χ1) is 10.3. The molecule has 1 N–H and O–H groups in total. The van der Waals surface area contributed by atoms with Crippen molar-refractivity contribution in [2.24, 2.45) is 0 Å². The minimum atomic E-state index is -4.07. The lowest BCUT2D eigenvalue weighted by molar-refractivity contribution is -0.146. The predicted octanol–water partition coefficient (Wildman–Crippen LogP) is 1.06. The van der Waals surface area contributed by atoms with Crippen molar-refractivity contribution in [2.75, 3.05) is 13.2 Å². The van der Waals surface area contributed by atoms with Crippen LogP contribution in [-0.4, -0.2) is 43.8 Å². The summed E-state index contributed by atoms with van der Waals surface area (Å²) in [5, 5.41) is 0. The van der Waals surface area contributed by atoms with Crippen LogP contribution in [-0.2, 0) is 19.7 Å². The van der Waals surface area contributed by atoms with Crippen LogP contribution in [0.25, 0.3) is 0 Å². The first-order valence-electron chi connectivity index (χ1n) is 6.92. The third-order valence-electron chi connectivity index (χ3n) is 3.26. The van der Waals surface area contributed by atoms with Gasteiger partial charge in [-0.15, -0.1) is 11.3 Å². The number of nitrogens with zero attached hydrogens (tertiary/aromatic N) is 1. The van der Waals surface area contributed by atoms with Gasteiger partial charge in [-0.2, -0.15) is 12.7 Å². The lowest BCUT2D eigenvalue weighted by Gasteiger charge is -2.22. The second-order valence-corrected chi connectivity index (χ2v) is 7.78. The molecule has 1 amide bonds. The van der Waals surface area contributed by atoms with Gasteiger partial charge in [0.05, 0.1) is 11.5 Å². The van der Waals surface area contributed by atoms with Crippen molar-refractivity contribution in [2.45, 2.75) is 32.7 Å². The van der Waals surface area contributed by atoms with E-state index in [4.69, 9.17) is 4.74 Å². The number of rotatable bonds is 5. The zero-order chi connectivity index (χ0) is 16.3. The molecule has 1 fully saturated rings. The molecule has 1 aromatic heterocycles. The van der Waals surface area contributed by atoms with Crippen LogP contribution in [0.3, 0.4) is 0 Å². The SMILES string of the molecule is CCOC(=O)[C@@H]1CCCN1S(=O)(=O)NC(=O)c1ccc(C)s1. The van der Waals surface area contributed by atoms with Crippen molar-refractivity contribution in [1.29, 1.82) is 0 Å². The van der Waals surface area contributed by atoms with Gasteiger partial charge in [0, 0.05) is 11.4 Å². The van der Waals surface area contributed by atoms with Crippen molar-refractivity contribution >= 4 is 33.4 Å². The van der Waals surface area contributed by atoms with E-state index in [2.05, 4.69) is 0 Å². The van der Waals surface area contributed by atoms with E-state index in [9.17, 15) is 18.0 Å². The Hall–Kier alpha value is -1.45. The minimum Gasteiger partial charge on any atom is -0.465 e. The Morgan fingerprint density at radius 3 is 2.77 bits per heavy atom. The molecular weight excluding hydrogens is 328 g/mol. The van der Waals surface area contributed by atoms with Gasteiger partial charge in [0.1, 0.15) is 6.04 Å². The molecule has 1 aliphatic rings. The molecule has 1 atom stereocenters. The fraction of sp³-hybridized carbons (Fsp3) is 0.538. The number of aryl methyl sites for hydroxylation is 1. The average Bonchev–Trinajstić information content (AvgIpc) is 3.07. The highest BCUT2D eigenvalue weighted by molar-refractivity contribution is 7.87. The van der Waals surface area contributed by atoms with E-state index in [1.165, 1.54) is 11.3 Å². The molecule has 1 saturated heterocycles. The largest absolute Gasteiger partial charge is 0.465 e. The van der Waals surface area contributed by atoms with Crippen LogP contribution in [0.5, 0.6) is 0 Å². The topological polar surface area (TPSA) is 92.8 Å². The molecule has 2 rings (SSSR count). The van der Waals surface area contributed by atoms with Crippen LogP contribution in [0, 0.1) is 6.92 Å². The van der Waals surface area contributed by atoms with E-state index >= 15 is 0 Å². The maximum Gasteiger partial charge on any atom is 0.324 e. The molecule has 0 aliphatic carbocycles. The van der Waals surface area contributed by atoms with Gasteiger partial charge in [-0.1, -0.05) is 0 Å². The molecule has 7 nitrogen and oxygen atoms in total. The summed E-state index contributed by atoms with van der Waals surface area (Å²) in [6, 6.07) is 2.44. The number of esters is 1. The maximum atomic E-state index is 12.3. The zero-order valence-corrected chi connectivity index (χ0v) is 14.0. The standard InChI is InChI=1S/C13H18N2O5S2/c1-3-20-13(17)10-5-4-8-15(10)22(18,19)14-12(16)11-7-6-9(2)21-11/h6-7,10H,3-5,8H2,1-2H3,(H,14,16)/t10-/m0/s1. The highest BCUT2D eigenvalue weighted by Crippen LogP contribution is 2.22. The van der Waals surface area contributed by atoms with Gasteiger partial charge in [0.2, 0.25) is 0 Å². The predicted molar refractivity (Wildman–Crippen MR) is 81.8 cm³/mol. The van der Waals surface area contributed by atoms with Crippen LogP contribution >= 0.6 is 11.3 Å². The first-order valence-corrected chi connectivity index (χ1v) is 9.18. The van der Waals surface area contributed by atoms with Gasteiger partial charge < -0.3 is 4.74 Å². The monoisotopic (exact) mass is 346 g/mol. The van der Waals surface area contributed by atoms with Gasteiger partial charge in [-0.25, -0.2) is 4.72 Å². The Kier molecular flexibility index (Phi) is 5.20. The third kappa shape index (κ3) is 3.65.